The number of carbonyl (C=O) groups is 1. The lowest BCUT2D eigenvalue weighted by molar-refractivity contribution is 0.0746. The first-order valence-corrected chi connectivity index (χ1v) is 8.41. The fourth-order valence-electron chi connectivity index (χ4n) is 3.50. The van der Waals surface area contributed by atoms with Crippen molar-refractivity contribution in [3.05, 3.63) is 53.6 Å². The Labute approximate surface area is 153 Å². The molecule has 0 aliphatic carbocycles. The van der Waals surface area contributed by atoms with Gasteiger partial charge in [0.1, 0.15) is 5.75 Å². The first-order valence-electron chi connectivity index (χ1n) is 8.41. The van der Waals surface area contributed by atoms with Crippen LogP contribution in [0.2, 0.25) is 0 Å². The SMILES string of the molecule is Cl.O=C(c1ccc2c(c1)CCN2)N1CCN(c2ccccc2O)CC1. The van der Waals surface area contributed by atoms with E-state index in [2.05, 4.69) is 10.2 Å². The molecule has 2 aromatic carbocycles. The normalized spacial score (nSPS) is 16.0. The van der Waals surface area contributed by atoms with Crippen LogP contribution in [-0.4, -0.2) is 48.6 Å². The van der Waals surface area contributed by atoms with E-state index in [-0.39, 0.29) is 18.3 Å². The standard InChI is InChI=1S/C19H21N3O2.ClH/c23-18-4-2-1-3-17(18)21-9-11-22(12-10-21)19(24)15-5-6-16-14(13-15)7-8-20-16;/h1-6,13,20,23H,7-12H2;1H. The lowest BCUT2D eigenvalue weighted by atomic mass is 10.1. The lowest BCUT2D eigenvalue weighted by Gasteiger charge is -2.36. The van der Waals surface area contributed by atoms with Gasteiger partial charge in [0.25, 0.3) is 5.91 Å². The smallest absolute Gasteiger partial charge is 0.253 e. The predicted molar refractivity (Wildman–Crippen MR) is 102 cm³/mol. The number of nitrogens with zero attached hydrogens (tertiary/aromatic N) is 2. The number of aromatic hydroxyl groups is 1. The van der Waals surface area contributed by atoms with E-state index >= 15 is 0 Å². The average molecular weight is 360 g/mol. The molecule has 132 valence electrons. The number of fused-ring (bicyclic) bond motifs is 1. The van der Waals surface area contributed by atoms with Gasteiger partial charge in [0.15, 0.2) is 0 Å². The van der Waals surface area contributed by atoms with E-state index in [9.17, 15) is 9.90 Å². The summed E-state index contributed by atoms with van der Waals surface area (Å²) in [6, 6.07) is 13.3. The fraction of sp³-hybridized carbons (Fsp3) is 0.316. The number of phenolic OH excluding ortho intramolecular Hbond substituents is 1. The van der Waals surface area contributed by atoms with Gasteiger partial charge < -0.3 is 20.2 Å². The number of nitrogens with one attached hydrogen (secondary N) is 1. The van der Waals surface area contributed by atoms with Gasteiger partial charge in [0, 0.05) is 44.0 Å². The summed E-state index contributed by atoms with van der Waals surface area (Å²) in [5, 5.41) is 13.3. The van der Waals surface area contributed by atoms with Crippen molar-refractivity contribution in [2.75, 3.05) is 42.9 Å². The summed E-state index contributed by atoms with van der Waals surface area (Å²) in [6.07, 6.45) is 0.984. The molecule has 0 atom stereocenters. The second-order valence-electron chi connectivity index (χ2n) is 6.32. The van der Waals surface area contributed by atoms with Gasteiger partial charge in [0.2, 0.25) is 0 Å². The van der Waals surface area contributed by atoms with Crippen molar-refractivity contribution in [1.82, 2.24) is 4.90 Å². The zero-order valence-electron chi connectivity index (χ0n) is 13.9. The molecule has 2 N–H and O–H groups in total. The molecule has 2 aromatic rings. The Balaban J connectivity index is 0.00000182. The van der Waals surface area contributed by atoms with E-state index in [1.54, 1.807) is 6.07 Å². The number of hydrogen-bond acceptors (Lipinski definition) is 4. The van der Waals surface area contributed by atoms with Crippen molar-refractivity contribution in [2.24, 2.45) is 0 Å². The number of halogens is 1. The van der Waals surface area contributed by atoms with E-state index in [4.69, 9.17) is 0 Å². The minimum absolute atomic E-state index is 0. The number of amides is 1. The number of anilines is 2. The summed E-state index contributed by atoms with van der Waals surface area (Å²) < 4.78 is 0. The van der Waals surface area contributed by atoms with Gasteiger partial charge in [-0.1, -0.05) is 12.1 Å². The number of piperazine rings is 1. The molecule has 1 fully saturated rings. The number of phenols is 1. The predicted octanol–water partition coefficient (Wildman–Crippen LogP) is 2.74. The van der Waals surface area contributed by atoms with Gasteiger partial charge in [0.05, 0.1) is 5.69 Å². The summed E-state index contributed by atoms with van der Waals surface area (Å²) in [6.45, 7) is 3.75. The van der Waals surface area contributed by atoms with Crippen molar-refractivity contribution in [1.29, 1.82) is 0 Å². The van der Waals surface area contributed by atoms with Gasteiger partial charge in [-0.25, -0.2) is 0 Å². The molecule has 0 spiro atoms. The molecule has 4 rings (SSSR count). The van der Waals surface area contributed by atoms with Crippen LogP contribution in [0.4, 0.5) is 11.4 Å². The molecular formula is C19H22ClN3O2. The number of para-hydroxylation sites is 2. The molecular weight excluding hydrogens is 338 g/mol. The van der Waals surface area contributed by atoms with Crippen LogP contribution >= 0.6 is 12.4 Å². The van der Waals surface area contributed by atoms with Crippen LogP contribution in [0.3, 0.4) is 0 Å². The molecule has 0 radical (unpaired) electrons. The Hall–Kier alpha value is -2.40. The van der Waals surface area contributed by atoms with E-state index in [1.807, 2.05) is 41.3 Å². The highest BCUT2D eigenvalue weighted by atomic mass is 35.5. The minimum Gasteiger partial charge on any atom is -0.506 e. The highest BCUT2D eigenvalue weighted by molar-refractivity contribution is 5.95. The van der Waals surface area contributed by atoms with Crippen molar-refractivity contribution in [3.63, 3.8) is 0 Å². The minimum atomic E-state index is 0. The molecule has 1 amide bonds. The quantitative estimate of drug-likeness (QED) is 0.865. The van der Waals surface area contributed by atoms with Gasteiger partial charge in [-0.15, -0.1) is 12.4 Å². The molecule has 0 saturated carbocycles. The lowest BCUT2D eigenvalue weighted by Crippen LogP contribution is -2.48. The van der Waals surface area contributed by atoms with Crippen LogP contribution in [0.15, 0.2) is 42.5 Å². The molecule has 2 aliphatic rings. The third-order valence-corrected chi connectivity index (χ3v) is 4.85. The highest BCUT2D eigenvalue weighted by Gasteiger charge is 2.24. The maximum absolute atomic E-state index is 12.7. The van der Waals surface area contributed by atoms with Crippen LogP contribution in [0.1, 0.15) is 15.9 Å². The van der Waals surface area contributed by atoms with Crippen molar-refractivity contribution < 1.29 is 9.90 Å². The average Bonchev–Trinajstić information content (AvgIpc) is 3.09. The summed E-state index contributed by atoms with van der Waals surface area (Å²) in [4.78, 5) is 16.8. The number of rotatable bonds is 2. The van der Waals surface area contributed by atoms with Gasteiger partial charge >= 0.3 is 0 Å². The zero-order chi connectivity index (χ0) is 16.5. The largest absolute Gasteiger partial charge is 0.506 e. The molecule has 5 nitrogen and oxygen atoms in total. The van der Waals surface area contributed by atoms with Crippen molar-refractivity contribution in [2.45, 2.75) is 6.42 Å². The fourth-order valence-corrected chi connectivity index (χ4v) is 3.50. The molecule has 6 heteroatoms. The summed E-state index contributed by atoms with van der Waals surface area (Å²) >= 11 is 0. The first-order chi connectivity index (χ1) is 11.7. The summed E-state index contributed by atoms with van der Waals surface area (Å²) in [7, 11) is 0. The highest BCUT2D eigenvalue weighted by Crippen LogP contribution is 2.28. The summed E-state index contributed by atoms with van der Waals surface area (Å²) in [5.41, 5.74) is 3.99. The van der Waals surface area contributed by atoms with Crippen LogP contribution < -0.4 is 10.2 Å². The number of carbonyl (C=O) groups excluding carboxylic acids is 1. The Morgan fingerprint density at radius 2 is 1.80 bits per heavy atom. The molecule has 2 aliphatic heterocycles. The second-order valence-corrected chi connectivity index (χ2v) is 6.32. The van der Waals surface area contributed by atoms with E-state index in [0.29, 0.717) is 18.8 Å². The molecule has 2 heterocycles. The van der Waals surface area contributed by atoms with Crippen LogP contribution in [-0.2, 0) is 6.42 Å². The third-order valence-electron chi connectivity index (χ3n) is 4.85. The van der Waals surface area contributed by atoms with Crippen LogP contribution in [0.25, 0.3) is 0 Å². The Morgan fingerprint density at radius 3 is 2.56 bits per heavy atom. The summed E-state index contributed by atoms with van der Waals surface area (Å²) in [5.74, 6) is 0.394. The van der Waals surface area contributed by atoms with Crippen molar-refractivity contribution in [3.8, 4) is 5.75 Å². The van der Waals surface area contributed by atoms with E-state index in [0.717, 1.165) is 43.0 Å². The van der Waals surface area contributed by atoms with Crippen LogP contribution in [0.5, 0.6) is 5.75 Å². The number of hydrogen-bond donors (Lipinski definition) is 2. The van der Waals surface area contributed by atoms with Gasteiger partial charge in [-0.3, -0.25) is 4.79 Å². The molecule has 1 saturated heterocycles. The van der Waals surface area contributed by atoms with E-state index < -0.39 is 0 Å². The maximum atomic E-state index is 12.7. The molecule has 25 heavy (non-hydrogen) atoms. The van der Waals surface area contributed by atoms with Gasteiger partial charge in [-0.05, 0) is 42.3 Å². The number of benzene rings is 2. The maximum Gasteiger partial charge on any atom is 0.253 e. The Bertz CT molecular complexity index is 773. The monoisotopic (exact) mass is 359 g/mol. The van der Waals surface area contributed by atoms with Gasteiger partial charge in [-0.2, -0.15) is 0 Å². The van der Waals surface area contributed by atoms with E-state index in [1.165, 1.54) is 5.56 Å². The zero-order valence-corrected chi connectivity index (χ0v) is 14.8. The third kappa shape index (κ3) is 3.37. The van der Waals surface area contributed by atoms with Crippen molar-refractivity contribution >= 4 is 29.7 Å². The molecule has 0 bridgehead atoms. The first kappa shape index (κ1) is 17.4. The molecule has 0 aromatic heterocycles. The van der Waals surface area contributed by atoms with Crippen LogP contribution in [0, 0.1) is 0 Å². The second kappa shape index (κ2) is 7.23. The molecule has 0 unspecified atom stereocenters. The Morgan fingerprint density at radius 1 is 1.04 bits per heavy atom. The Kier molecular flexibility index (Phi) is 5.04. The topological polar surface area (TPSA) is 55.8 Å².